The van der Waals surface area contributed by atoms with Crippen LogP contribution in [-0.2, 0) is 18.3 Å². The summed E-state index contributed by atoms with van der Waals surface area (Å²) in [6.45, 7) is 4.40. The first-order valence-corrected chi connectivity index (χ1v) is 9.01. The van der Waals surface area contributed by atoms with Gasteiger partial charge in [-0.2, -0.15) is 5.10 Å². The molecule has 0 saturated carbocycles. The zero-order chi connectivity index (χ0) is 18.1. The zero-order valence-electron chi connectivity index (χ0n) is 15.0. The van der Waals surface area contributed by atoms with Crippen molar-refractivity contribution in [3.8, 4) is 0 Å². The Kier molecular flexibility index (Phi) is 4.46. The number of rotatable bonds is 3. The summed E-state index contributed by atoms with van der Waals surface area (Å²) >= 11 is 0. The van der Waals surface area contributed by atoms with E-state index in [1.807, 2.05) is 23.1 Å². The van der Waals surface area contributed by atoms with E-state index >= 15 is 0 Å². The Morgan fingerprint density at radius 2 is 1.88 bits per heavy atom. The molecule has 2 aliphatic heterocycles. The molecule has 136 valence electrons. The van der Waals surface area contributed by atoms with E-state index in [0.29, 0.717) is 6.54 Å². The quantitative estimate of drug-likeness (QED) is 0.804. The van der Waals surface area contributed by atoms with Crippen LogP contribution in [0.1, 0.15) is 5.56 Å². The summed E-state index contributed by atoms with van der Waals surface area (Å²) in [5.41, 5.74) is 3.06. The van der Waals surface area contributed by atoms with Crippen molar-refractivity contribution in [2.24, 2.45) is 7.05 Å². The summed E-state index contributed by atoms with van der Waals surface area (Å²) < 4.78 is 1.33. The fourth-order valence-electron chi connectivity index (χ4n) is 3.67. The molecule has 0 radical (unpaired) electrons. The number of piperazine rings is 1. The fraction of sp³-hybridized carbons (Fsp3) is 0.421. The smallest absolute Gasteiger partial charge is 0.268 e. The number of hydrogen-bond donors (Lipinski definition) is 0. The second-order valence-corrected chi connectivity index (χ2v) is 6.86. The molecular formula is C19H23N5O2. The molecule has 1 aromatic heterocycles. The normalized spacial score (nSPS) is 17.4. The number of amides is 1. The van der Waals surface area contributed by atoms with Gasteiger partial charge >= 0.3 is 0 Å². The van der Waals surface area contributed by atoms with Gasteiger partial charge in [-0.3, -0.25) is 14.5 Å². The second-order valence-electron chi connectivity index (χ2n) is 6.86. The third-order valence-corrected chi connectivity index (χ3v) is 5.24. The standard InChI is InChI=1S/C19H23N5O2/c1-21-18(25)12-16(13-20-21)23-10-8-22(9-11-23)14-19(26)24-7-6-15-4-2-3-5-17(15)24/h2-5,12-13H,6-11,14H2,1H3. The average Bonchev–Trinajstić information content (AvgIpc) is 3.09. The maximum atomic E-state index is 12.7. The molecule has 4 rings (SSSR count). The third-order valence-electron chi connectivity index (χ3n) is 5.24. The van der Waals surface area contributed by atoms with E-state index in [2.05, 4.69) is 21.0 Å². The number of para-hydroxylation sites is 1. The molecule has 3 heterocycles. The first kappa shape index (κ1) is 16.8. The van der Waals surface area contributed by atoms with Gasteiger partial charge in [0.05, 0.1) is 18.4 Å². The molecule has 0 spiro atoms. The largest absolute Gasteiger partial charge is 0.368 e. The average molecular weight is 353 g/mol. The minimum atomic E-state index is -0.104. The van der Waals surface area contributed by atoms with E-state index in [-0.39, 0.29) is 11.5 Å². The molecule has 0 atom stereocenters. The summed E-state index contributed by atoms with van der Waals surface area (Å²) in [4.78, 5) is 30.7. The van der Waals surface area contributed by atoms with Crippen LogP contribution in [0, 0.1) is 0 Å². The third kappa shape index (κ3) is 3.22. The number of carbonyl (C=O) groups excluding carboxylic acids is 1. The molecule has 7 heteroatoms. The molecule has 1 fully saturated rings. The van der Waals surface area contributed by atoms with Gasteiger partial charge in [0.15, 0.2) is 0 Å². The molecular weight excluding hydrogens is 330 g/mol. The van der Waals surface area contributed by atoms with Crippen molar-refractivity contribution in [2.45, 2.75) is 6.42 Å². The van der Waals surface area contributed by atoms with Gasteiger partial charge < -0.3 is 9.80 Å². The summed E-state index contributed by atoms with van der Waals surface area (Å²) in [5.74, 6) is 0.165. The van der Waals surface area contributed by atoms with Gasteiger partial charge in [0.2, 0.25) is 5.91 Å². The first-order valence-electron chi connectivity index (χ1n) is 9.01. The van der Waals surface area contributed by atoms with Gasteiger partial charge in [-0.05, 0) is 18.1 Å². The van der Waals surface area contributed by atoms with Crippen molar-refractivity contribution < 1.29 is 4.79 Å². The number of nitrogens with zero attached hydrogens (tertiary/aromatic N) is 5. The molecule has 26 heavy (non-hydrogen) atoms. The minimum absolute atomic E-state index is 0.104. The van der Waals surface area contributed by atoms with Gasteiger partial charge in [-0.1, -0.05) is 18.2 Å². The van der Waals surface area contributed by atoms with E-state index in [9.17, 15) is 9.59 Å². The van der Waals surface area contributed by atoms with Crippen LogP contribution in [0.5, 0.6) is 0 Å². The molecule has 0 bridgehead atoms. The van der Waals surface area contributed by atoms with Gasteiger partial charge in [-0.25, -0.2) is 4.68 Å². The lowest BCUT2D eigenvalue weighted by Crippen LogP contribution is -2.50. The maximum Gasteiger partial charge on any atom is 0.268 e. The van der Waals surface area contributed by atoms with Crippen LogP contribution in [0.2, 0.25) is 0 Å². The Morgan fingerprint density at radius 3 is 2.65 bits per heavy atom. The Balaban J connectivity index is 1.35. The monoisotopic (exact) mass is 353 g/mol. The molecule has 0 aliphatic carbocycles. The lowest BCUT2D eigenvalue weighted by atomic mass is 10.2. The van der Waals surface area contributed by atoms with Crippen LogP contribution < -0.4 is 15.4 Å². The zero-order valence-corrected chi connectivity index (χ0v) is 15.0. The Labute approximate surface area is 152 Å². The highest BCUT2D eigenvalue weighted by Crippen LogP contribution is 2.27. The number of aryl methyl sites for hydroxylation is 1. The van der Waals surface area contributed by atoms with Crippen LogP contribution in [0.4, 0.5) is 11.4 Å². The van der Waals surface area contributed by atoms with Gasteiger partial charge in [-0.15, -0.1) is 0 Å². The van der Waals surface area contributed by atoms with Crippen molar-refractivity contribution in [1.82, 2.24) is 14.7 Å². The van der Waals surface area contributed by atoms with E-state index in [4.69, 9.17) is 0 Å². The lowest BCUT2D eigenvalue weighted by Gasteiger charge is -2.36. The maximum absolute atomic E-state index is 12.7. The molecule has 2 aliphatic rings. The summed E-state index contributed by atoms with van der Waals surface area (Å²) in [7, 11) is 1.65. The van der Waals surface area contributed by atoms with Crippen molar-refractivity contribution in [2.75, 3.05) is 49.1 Å². The highest BCUT2D eigenvalue weighted by Gasteiger charge is 2.27. The summed E-state index contributed by atoms with van der Waals surface area (Å²) in [6.07, 6.45) is 2.66. The lowest BCUT2D eigenvalue weighted by molar-refractivity contribution is -0.119. The van der Waals surface area contributed by atoms with Crippen LogP contribution in [0.3, 0.4) is 0 Å². The van der Waals surface area contributed by atoms with Crippen LogP contribution in [0.25, 0.3) is 0 Å². The van der Waals surface area contributed by atoms with E-state index < -0.39 is 0 Å². The predicted octanol–water partition coefficient (Wildman–Crippen LogP) is 0.492. The number of fused-ring (bicyclic) bond motifs is 1. The predicted molar refractivity (Wildman–Crippen MR) is 101 cm³/mol. The number of aromatic nitrogens is 2. The Bertz CT molecular complexity index is 870. The molecule has 0 N–H and O–H groups in total. The van der Waals surface area contributed by atoms with E-state index in [0.717, 1.165) is 50.5 Å². The Morgan fingerprint density at radius 1 is 1.12 bits per heavy atom. The molecule has 1 amide bonds. The SMILES string of the molecule is Cn1ncc(N2CCN(CC(=O)N3CCc4ccccc43)CC2)cc1=O. The second kappa shape index (κ2) is 6.92. The van der Waals surface area contributed by atoms with Crippen LogP contribution >= 0.6 is 0 Å². The van der Waals surface area contributed by atoms with Gasteiger partial charge in [0.1, 0.15) is 0 Å². The van der Waals surface area contributed by atoms with Crippen molar-refractivity contribution in [1.29, 1.82) is 0 Å². The molecule has 2 aromatic rings. The topological polar surface area (TPSA) is 61.7 Å². The van der Waals surface area contributed by atoms with Gasteiger partial charge in [0, 0.05) is 51.5 Å². The highest BCUT2D eigenvalue weighted by molar-refractivity contribution is 5.96. The van der Waals surface area contributed by atoms with Crippen molar-refractivity contribution in [3.63, 3.8) is 0 Å². The van der Waals surface area contributed by atoms with Crippen LogP contribution in [-0.4, -0.2) is 59.9 Å². The minimum Gasteiger partial charge on any atom is -0.368 e. The number of carbonyl (C=O) groups is 1. The number of hydrogen-bond acceptors (Lipinski definition) is 5. The molecule has 1 saturated heterocycles. The van der Waals surface area contributed by atoms with Crippen molar-refractivity contribution >= 4 is 17.3 Å². The van der Waals surface area contributed by atoms with Gasteiger partial charge in [0.25, 0.3) is 5.56 Å². The summed E-state index contributed by atoms with van der Waals surface area (Å²) in [6, 6.07) is 9.76. The van der Waals surface area contributed by atoms with E-state index in [1.54, 1.807) is 19.3 Å². The fourth-order valence-corrected chi connectivity index (χ4v) is 3.67. The van der Waals surface area contributed by atoms with E-state index in [1.165, 1.54) is 10.2 Å². The molecule has 0 unspecified atom stereocenters. The Hall–Kier alpha value is -2.67. The first-order chi connectivity index (χ1) is 12.6. The number of anilines is 2. The van der Waals surface area contributed by atoms with Crippen LogP contribution in [0.15, 0.2) is 41.3 Å². The molecule has 7 nitrogen and oxygen atoms in total. The molecule has 1 aromatic carbocycles. The number of benzene rings is 1. The van der Waals surface area contributed by atoms with Crippen molar-refractivity contribution in [3.05, 3.63) is 52.4 Å². The summed E-state index contributed by atoms with van der Waals surface area (Å²) in [5, 5.41) is 4.08. The highest BCUT2D eigenvalue weighted by atomic mass is 16.2.